The molecular weight excluding hydrogens is 317 g/mol. The van der Waals surface area contributed by atoms with E-state index in [1.54, 1.807) is 19.1 Å². The van der Waals surface area contributed by atoms with E-state index < -0.39 is 0 Å². The fourth-order valence-electron chi connectivity index (χ4n) is 2.66. The molecule has 2 aromatic carbocycles. The molecule has 1 heterocycles. The summed E-state index contributed by atoms with van der Waals surface area (Å²) in [4.78, 5) is 18.9. The number of hydrogen-bond donors (Lipinski definition) is 1. The first-order chi connectivity index (χ1) is 11.9. The second-order valence-electron chi connectivity index (χ2n) is 6.20. The van der Waals surface area contributed by atoms with Crippen molar-refractivity contribution in [3.05, 3.63) is 71.2 Å². The second kappa shape index (κ2) is 6.89. The lowest BCUT2D eigenvalue weighted by molar-refractivity contribution is 0.0950. The number of nitrogens with one attached hydrogen (secondary N) is 1. The van der Waals surface area contributed by atoms with Crippen LogP contribution in [0.2, 0.25) is 0 Å². The van der Waals surface area contributed by atoms with Gasteiger partial charge in [0.2, 0.25) is 0 Å². The topological polar surface area (TPSA) is 45.2 Å². The lowest BCUT2D eigenvalue weighted by Gasteiger charge is -2.13. The van der Waals surface area contributed by atoms with E-state index in [9.17, 15) is 9.18 Å². The van der Waals surface area contributed by atoms with E-state index >= 15 is 0 Å². The first kappa shape index (κ1) is 16.9. The number of benzene rings is 2. The monoisotopic (exact) mass is 337 g/mol. The molecule has 0 radical (unpaired) electrons. The first-order valence-corrected chi connectivity index (χ1v) is 8.05. The molecule has 0 bridgehead atoms. The van der Waals surface area contributed by atoms with Crippen molar-refractivity contribution < 1.29 is 9.18 Å². The van der Waals surface area contributed by atoms with Gasteiger partial charge in [0.15, 0.2) is 0 Å². The number of pyridine rings is 1. The third kappa shape index (κ3) is 3.76. The van der Waals surface area contributed by atoms with E-state index in [0.717, 1.165) is 16.6 Å². The Morgan fingerprint density at radius 2 is 1.84 bits per heavy atom. The number of carbonyl (C=O) groups is 1. The SMILES string of the molecule is Cc1nc2cc(F)ccc2cc1C(=O)NCc1ccc(N(C)C)cc1. The standard InChI is InChI=1S/C20H20FN3O/c1-13-18(10-15-6-7-16(21)11-19(15)23-13)20(25)22-12-14-4-8-17(9-5-14)24(2)3/h4-11H,12H2,1-3H3,(H,22,25). The molecule has 0 atom stereocenters. The number of anilines is 1. The van der Waals surface area contributed by atoms with Gasteiger partial charge in [0.1, 0.15) is 5.82 Å². The van der Waals surface area contributed by atoms with Gasteiger partial charge in [-0.25, -0.2) is 4.39 Å². The van der Waals surface area contributed by atoms with Crippen molar-refractivity contribution >= 4 is 22.5 Å². The Labute approximate surface area is 146 Å². The second-order valence-corrected chi connectivity index (χ2v) is 6.20. The van der Waals surface area contributed by atoms with Gasteiger partial charge in [-0.15, -0.1) is 0 Å². The highest BCUT2D eigenvalue weighted by Gasteiger charge is 2.12. The number of rotatable bonds is 4. The van der Waals surface area contributed by atoms with Crippen molar-refractivity contribution in [1.29, 1.82) is 0 Å². The van der Waals surface area contributed by atoms with Crippen molar-refractivity contribution in [2.75, 3.05) is 19.0 Å². The van der Waals surface area contributed by atoms with Gasteiger partial charge in [-0.2, -0.15) is 0 Å². The molecule has 0 aliphatic heterocycles. The molecular formula is C20H20FN3O. The van der Waals surface area contributed by atoms with Crippen LogP contribution in [0.3, 0.4) is 0 Å². The maximum Gasteiger partial charge on any atom is 0.253 e. The van der Waals surface area contributed by atoms with E-state index in [1.807, 2.05) is 43.3 Å². The lowest BCUT2D eigenvalue weighted by Crippen LogP contribution is -2.24. The quantitative estimate of drug-likeness (QED) is 0.790. The molecule has 1 aromatic heterocycles. The van der Waals surface area contributed by atoms with Crippen LogP contribution in [-0.2, 0) is 6.54 Å². The zero-order valence-corrected chi connectivity index (χ0v) is 14.5. The number of nitrogens with zero attached hydrogens (tertiary/aromatic N) is 2. The molecule has 25 heavy (non-hydrogen) atoms. The summed E-state index contributed by atoms with van der Waals surface area (Å²) in [7, 11) is 3.97. The van der Waals surface area contributed by atoms with E-state index in [-0.39, 0.29) is 11.7 Å². The minimum atomic E-state index is -0.335. The van der Waals surface area contributed by atoms with Gasteiger partial charge in [-0.05, 0) is 42.8 Å². The molecule has 1 amide bonds. The summed E-state index contributed by atoms with van der Waals surface area (Å²) >= 11 is 0. The van der Waals surface area contributed by atoms with Crippen LogP contribution >= 0.6 is 0 Å². The molecule has 0 aliphatic carbocycles. The highest BCUT2D eigenvalue weighted by atomic mass is 19.1. The first-order valence-electron chi connectivity index (χ1n) is 8.05. The molecule has 0 spiro atoms. The number of carbonyl (C=O) groups excluding carboxylic acids is 1. The van der Waals surface area contributed by atoms with E-state index in [0.29, 0.717) is 23.3 Å². The van der Waals surface area contributed by atoms with Crippen molar-refractivity contribution in [3.8, 4) is 0 Å². The molecule has 128 valence electrons. The summed E-state index contributed by atoms with van der Waals surface area (Å²) in [6.07, 6.45) is 0. The van der Waals surface area contributed by atoms with E-state index in [4.69, 9.17) is 0 Å². The predicted octanol–water partition coefficient (Wildman–Crippen LogP) is 3.68. The Morgan fingerprint density at radius 3 is 2.52 bits per heavy atom. The van der Waals surface area contributed by atoms with Crippen LogP contribution in [0.4, 0.5) is 10.1 Å². The Bertz CT molecular complexity index is 920. The zero-order chi connectivity index (χ0) is 18.0. The number of hydrogen-bond acceptors (Lipinski definition) is 3. The van der Waals surface area contributed by atoms with Crippen LogP contribution in [0, 0.1) is 12.7 Å². The summed E-state index contributed by atoms with van der Waals surface area (Å²) < 4.78 is 13.3. The van der Waals surface area contributed by atoms with Crippen LogP contribution in [0.25, 0.3) is 10.9 Å². The van der Waals surface area contributed by atoms with Gasteiger partial charge in [0, 0.05) is 37.8 Å². The van der Waals surface area contributed by atoms with Crippen molar-refractivity contribution in [2.24, 2.45) is 0 Å². The average Bonchev–Trinajstić information content (AvgIpc) is 2.59. The van der Waals surface area contributed by atoms with Crippen molar-refractivity contribution in [1.82, 2.24) is 10.3 Å². The Kier molecular flexibility index (Phi) is 4.65. The third-order valence-electron chi connectivity index (χ3n) is 4.12. The number of aromatic nitrogens is 1. The average molecular weight is 337 g/mol. The largest absolute Gasteiger partial charge is 0.378 e. The number of aryl methyl sites for hydroxylation is 1. The van der Waals surface area contributed by atoms with Gasteiger partial charge in [0.05, 0.1) is 16.8 Å². The van der Waals surface area contributed by atoms with Gasteiger partial charge in [-0.1, -0.05) is 12.1 Å². The van der Waals surface area contributed by atoms with Crippen LogP contribution in [0.1, 0.15) is 21.6 Å². The third-order valence-corrected chi connectivity index (χ3v) is 4.12. The Balaban J connectivity index is 1.75. The molecule has 1 N–H and O–H groups in total. The molecule has 0 fully saturated rings. The minimum absolute atomic E-state index is 0.187. The van der Waals surface area contributed by atoms with E-state index in [2.05, 4.69) is 10.3 Å². The smallest absolute Gasteiger partial charge is 0.253 e. The fraction of sp³-hybridized carbons (Fsp3) is 0.200. The highest BCUT2D eigenvalue weighted by Crippen LogP contribution is 2.18. The maximum absolute atomic E-state index is 13.3. The molecule has 5 heteroatoms. The molecule has 3 aromatic rings. The predicted molar refractivity (Wildman–Crippen MR) is 98.4 cm³/mol. The molecule has 0 aliphatic rings. The number of fused-ring (bicyclic) bond motifs is 1. The van der Waals surface area contributed by atoms with Crippen molar-refractivity contribution in [2.45, 2.75) is 13.5 Å². The summed E-state index contributed by atoms with van der Waals surface area (Å²) in [6, 6.07) is 14.1. The Morgan fingerprint density at radius 1 is 1.12 bits per heavy atom. The number of halogens is 1. The Hall–Kier alpha value is -2.95. The van der Waals surface area contributed by atoms with Crippen LogP contribution in [0.15, 0.2) is 48.5 Å². The van der Waals surface area contributed by atoms with Gasteiger partial charge < -0.3 is 10.2 Å². The summed E-state index contributed by atoms with van der Waals surface area (Å²) in [5, 5.41) is 3.66. The van der Waals surface area contributed by atoms with Gasteiger partial charge >= 0.3 is 0 Å². The maximum atomic E-state index is 13.3. The molecule has 0 saturated carbocycles. The lowest BCUT2D eigenvalue weighted by atomic mass is 10.1. The molecule has 4 nitrogen and oxygen atoms in total. The molecule has 3 rings (SSSR count). The van der Waals surface area contributed by atoms with Crippen LogP contribution in [-0.4, -0.2) is 25.0 Å². The molecule has 0 unspecified atom stereocenters. The minimum Gasteiger partial charge on any atom is -0.378 e. The van der Waals surface area contributed by atoms with Crippen LogP contribution < -0.4 is 10.2 Å². The summed E-state index contributed by atoms with van der Waals surface area (Å²) in [5.41, 5.74) is 3.76. The highest BCUT2D eigenvalue weighted by molar-refractivity contribution is 5.98. The molecule has 0 saturated heterocycles. The van der Waals surface area contributed by atoms with E-state index in [1.165, 1.54) is 12.1 Å². The zero-order valence-electron chi connectivity index (χ0n) is 14.5. The van der Waals surface area contributed by atoms with Crippen molar-refractivity contribution in [3.63, 3.8) is 0 Å². The fourth-order valence-corrected chi connectivity index (χ4v) is 2.66. The van der Waals surface area contributed by atoms with Gasteiger partial charge in [-0.3, -0.25) is 9.78 Å². The van der Waals surface area contributed by atoms with Crippen LogP contribution in [0.5, 0.6) is 0 Å². The van der Waals surface area contributed by atoms with Gasteiger partial charge in [0.25, 0.3) is 5.91 Å². The summed E-state index contributed by atoms with van der Waals surface area (Å²) in [6.45, 7) is 2.19. The number of amides is 1. The normalized spacial score (nSPS) is 10.7. The summed E-state index contributed by atoms with van der Waals surface area (Å²) in [5.74, 6) is -0.523.